The van der Waals surface area contributed by atoms with E-state index in [-0.39, 0.29) is 52.0 Å². The fourth-order valence-electron chi connectivity index (χ4n) is 6.54. The van der Waals surface area contributed by atoms with E-state index in [1.54, 1.807) is 45.9 Å². The van der Waals surface area contributed by atoms with Crippen molar-refractivity contribution < 1.29 is 52.9 Å². The zero-order chi connectivity index (χ0) is 40.0. The lowest BCUT2D eigenvalue weighted by atomic mass is 10.1. The number of anilines is 1. The molecule has 288 valence electrons. The Morgan fingerprint density at radius 3 is 2.14 bits per heavy atom. The average Bonchev–Trinajstić information content (AvgIpc) is 3.66. The Balaban J connectivity index is 1.39. The lowest BCUT2D eigenvalue weighted by Gasteiger charge is -2.22. The molecule has 17 heteroatoms. The minimum Gasteiger partial charge on any atom is -0.744 e. The van der Waals surface area contributed by atoms with Crippen LogP contribution in [0.15, 0.2) is 135 Å². The summed E-state index contributed by atoms with van der Waals surface area (Å²) in [6, 6.07) is 27.1. The maximum atomic E-state index is 12.9. The Hall–Kier alpha value is -5.85. The molecular weight excluding hydrogens is 783 g/mol. The SMILES string of the molecule is CCC(=Cc1oc2ccc3ccccc3c2[n+]1Cc1ccccc1S(=O)(=O)[O-])C=C1Oc2ccc(C(=O)NS(C)(=O)=O)cc2N1Cc1ccccc1S(=O)(=O)[O-]. The Labute approximate surface area is 322 Å². The lowest BCUT2D eigenvalue weighted by Crippen LogP contribution is -2.36. The van der Waals surface area contributed by atoms with E-state index < -0.39 is 41.1 Å². The van der Waals surface area contributed by atoms with E-state index >= 15 is 0 Å². The van der Waals surface area contributed by atoms with E-state index in [4.69, 9.17) is 9.15 Å². The number of benzene rings is 5. The van der Waals surface area contributed by atoms with Crippen LogP contribution in [0.2, 0.25) is 0 Å². The van der Waals surface area contributed by atoms with Crippen LogP contribution < -0.4 is 18.9 Å². The molecule has 0 fully saturated rings. The normalized spacial score (nSPS) is 14.3. The highest BCUT2D eigenvalue weighted by atomic mass is 32.2. The summed E-state index contributed by atoms with van der Waals surface area (Å²) < 4.78 is 114. The fraction of sp³-hybridized carbons (Fsp3) is 0.128. The first-order valence-corrected chi connectivity index (χ1v) is 21.7. The van der Waals surface area contributed by atoms with Crippen LogP contribution in [-0.4, -0.2) is 46.5 Å². The summed E-state index contributed by atoms with van der Waals surface area (Å²) in [7, 11) is -13.6. The first kappa shape index (κ1) is 38.4. The number of nitrogens with one attached hydrogen (secondary N) is 1. The Bertz CT molecular complexity index is 2970. The highest BCUT2D eigenvalue weighted by Gasteiger charge is 2.31. The van der Waals surface area contributed by atoms with Gasteiger partial charge in [0.15, 0.2) is 12.3 Å². The summed E-state index contributed by atoms with van der Waals surface area (Å²) >= 11 is 0. The quantitative estimate of drug-likeness (QED) is 0.133. The van der Waals surface area contributed by atoms with Crippen molar-refractivity contribution >= 4 is 69.8 Å². The monoisotopic (exact) mass is 814 g/mol. The van der Waals surface area contributed by atoms with Crippen molar-refractivity contribution in [2.45, 2.75) is 36.2 Å². The number of fused-ring (bicyclic) bond motifs is 4. The highest BCUT2D eigenvalue weighted by Crippen LogP contribution is 2.42. The van der Waals surface area contributed by atoms with Crippen molar-refractivity contribution in [3.8, 4) is 5.75 Å². The van der Waals surface area contributed by atoms with E-state index in [1.165, 1.54) is 48.5 Å². The van der Waals surface area contributed by atoms with E-state index in [9.17, 15) is 39.2 Å². The molecule has 1 aliphatic rings. The van der Waals surface area contributed by atoms with Crippen LogP contribution in [-0.2, 0) is 43.3 Å². The number of carbonyl (C=O) groups excluding carboxylic acids is 1. The summed E-state index contributed by atoms with van der Waals surface area (Å²) in [6.07, 6.45) is 4.61. The second kappa shape index (κ2) is 14.7. The van der Waals surface area contributed by atoms with E-state index in [0.717, 1.165) is 17.0 Å². The molecule has 0 saturated carbocycles. The number of carbonyl (C=O) groups is 1. The van der Waals surface area contributed by atoms with Gasteiger partial charge in [0.1, 0.15) is 20.2 Å². The van der Waals surface area contributed by atoms with Gasteiger partial charge in [-0.15, -0.1) is 0 Å². The third kappa shape index (κ3) is 7.93. The van der Waals surface area contributed by atoms with Gasteiger partial charge in [-0.3, -0.25) is 4.79 Å². The number of oxazole rings is 1. The molecule has 0 aliphatic carbocycles. The molecule has 1 aromatic heterocycles. The van der Waals surface area contributed by atoms with Gasteiger partial charge in [-0.05, 0) is 65.4 Å². The Morgan fingerprint density at radius 2 is 1.46 bits per heavy atom. The van der Waals surface area contributed by atoms with Crippen LogP contribution in [0, 0.1) is 0 Å². The fourth-order valence-corrected chi connectivity index (χ4v) is 8.39. The van der Waals surface area contributed by atoms with Crippen LogP contribution >= 0.6 is 0 Å². The first-order valence-electron chi connectivity index (χ1n) is 17.0. The summed E-state index contributed by atoms with van der Waals surface area (Å²) in [5.41, 5.74) is 2.38. The van der Waals surface area contributed by atoms with Crippen molar-refractivity contribution in [2.75, 3.05) is 11.2 Å². The molecule has 56 heavy (non-hydrogen) atoms. The third-order valence-electron chi connectivity index (χ3n) is 9.05. The molecule has 6 aromatic rings. The maximum Gasteiger partial charge on any atom is 0.374 e. The van der Waals surface area contributed by atoms with Crippen molar-refractivity contribution in [1.29, 1.82) is 0 Å². The lowest BCUT2D eigenvalue weighted by molar-refractivity contribution is -0.668. The molecule has 0 radical (unpaired) electrons. The van der Waals surface area contributed by atoms with Gasteiger partial charge in [-0.2, -0.15) is 4.57 Å². The highest BCUT2D eigenvalue weighted by molar-refractivity contribution is 7.89. The van der Waals surface area contributed by atoms with E-state index in [1.807, 2.05) is 42.0 Å². The number of nitrogens with zero attached hydrogens (tertiary/aromatic N) is 2. The summed E-state index contributed by atoms with van der Waals surface area (Å²) in [4.78, 5) is 13.6. The number of amides is 1. The number of rotatable bonds is 11. The molecule has 0 unspecified atom stereocenters. The third-order valence-corrected chi connectivity index (χ3v) is 11.5. The number of hydrogen-bond acceptors (Lipinski definition) is 12. The largest absolute Gasteiger partial charge is 0.744 e. The van der Waals surface area contributed by atoms with Gasteiger partial charge in [0.25, 0.3) is 11.4 Å². The van der Waals surface area contributed by atoms with Crippen molar-refractivity contribution in [3.05, 3.63) is 143 Å². The topological polar surface area (TPSA) is 207 Å². The smallest absolute Gasteiger partial charge is 0.374 e. The Morgan fingerprint density at radius 1 is 0.821 bits per heavy atom. The van der Waals surface area contributed by atoms with Gasteiger partial charge in [0.2, 0.25) is 21.5 Å². The summed E-state index contributed by atoms with van der Waals surface area (Å²) in [5, 5.41) is 1.71. The standard InChI is InChI=1S/C39H33N3O11S3/c1-3-25(21-37-42(24-29-12-6-9-15-35(29)56(49,50)51)38-30-13-7-4-10-26(30)16-19-33(38)53-37)20-36-41(23-28-11-5-8-14-34(28)55(46,47)48)31-22-27(17-18-32(31)52-36)39(43)40-54(2,44)45/h4-22H,3,23-24H2,1-2H3,(H2-,40,43,46,47,48,49,50,51)/p-1. The maximum absolute atomic E-state index is 12.9. The average molecular weight is 815 g/mol. The molecule has 1 N–H and O–H groups in total. The van der Waals surface area contributed by atoms with Gasteiger partial charge in [-0.1, -0.05) is 67.6 Å². The number of allylic oxidation sites excluding steroid dienone is 2. The number of hydrogen-bond donors (Lipinski definition) is 1. The molecule has 0 saturated heterocycles. The molecule has 0 bridgehead atoms. The predicted octanol–water partition coefficient (Wildman–Crippen LogP) is 5.15. The molecule has 14 nitrogen and oxygen atoms in total. The number of aromatic nitrogens is 1. The molecular formula is C39H32N3O11S3-. The van der Waals surface area contributed by atoms with Gasteiger partial charge < -0.3 is 23.2 Å². The van der Waals surface area contributed by atoms with Crippen LogP contribution in [0.3, 0.4) is 0 Å². The van der Waals surface area contributed by atoms with Gasteiger partial charge in [0.05, 0.1) is 39.7 Å². The van der Waals surface area contributed by atoms with Gasteiger partial charge in [0, 0.05) is 17.2 Å². The number of sulfonamides is 1. The van der Waals surface area contributed by atoms with E-state index in [2.05, 4.69) is 0 Å². The zero-order valence-corrected chi connectivity index (χ0v) is 32.2. The van der Waals surface area contributed by atoms with Crippen molar-refractivity contribution in [3.63, 3.8) is 0 Å². The summed E-state index contributed by atoms with van der Waals surface area (Å²) in [5.74, 6) is -0.182. The van der Waals surface area contributed by atoms with Crippen molar-refractivity contribution in [1.82, 2.24) is 4.72 Å². The summed E-state index contributed by atoms with van der Waals surface area (Å²) in [6.45, 7) is 1.61. The molecule has 0 atom stereocenters. The molecule has 1 amide bonds. The molecule has 7 rings (SSSR count). The molecule has 1 aliphatic heterocycles. The predicted molar refractivity (Wildman–Crippen MR) is 204 cm³/mol. The molecule has 5 aromatic carbocycles. The zero-order valence-electron chi connectivity index (χ0n) is 29.7. The Kier molecular flexibility index (Phi) is 10.1. The second-order valence-corrected chi connectivity index (χ2v) is 17.4. The van der Waals surface area contributed by atoms with E-state index in [0.29, 0.717) is 29.0 Å². The van der Waals surface area contributed by atoms with Crippen LogP contribution in [0.4, 0.5) is 5.69 Å². The van der Waals surface area contributed by atoms with Gasteiger partial charge in [-0.25, -0.2) is 30.0 Å². The minimum absolute atomic E-state index is 0.0315. The minimum atomic E-state index is -4.90. The number of ether oxygens (including phenoxy) is 1. The molecule has 0 spiro atoms. The van der Waals surface area contributed by atoms with Gasteiger partial charge >= 0.3 is 5.89 Å². The van der Waals surface area contributed by atoms with Crippen LogP contribution in [0.1, 0.15) is 40.7 Å². The first-order chi connectivity index (χ1) is 26.5. The van der Waals surface area contributed by atoms with Crippen molar-refractivity contribution in [2.24, 2.45) is 0 Å². The van der Waals surface area contributed by atoms with Crippen LogP contribution in [0.5, 0.6) is 5.75 Å². The van der Waals surface area contributed by atoms with Crippen LogP contribution in [0.25, 0.3) is 27.9 Å². The molecule has 2 heterocycles. The second-order valence-electron chi connectivity index (χ2n) is 12.9.